The number of hydrogen-bond donors (Lipinski definition) is 0. The molecule has 3 nitrogen and oxygen atoms in total. The van der Waals surface area contributed by atoms with Crippen molar-refractivity contribution in [3.8, 4) is 5.75 Å². The molecule has 0 radical (unpaired) electrons. The minimum Gasteiger partial charge on any atom is -0.414 e. The zero-order valence-electron chi connectivity index (χ0n) is 7.12. The summed E-state index contributed by atoms with van der Waals surface area (Å²) in [4.78, 5) is 10.5. The monoisotopic (exact) mass is 200 g/mol. The van der Waals surface area contributed by atoms with E-state index in [0.717, 1.165) is 5.56 Å². The van der Waals surface area contributed by atoms with E-state index in [4.69, 9.17) is 21.1 Å². The minimum absolute atomic E-state index is 0.389. The number of para-hydroxylation sites is 1. The number of carbonyl (C=O) groups excluding carboxylic acids is 1. The molecule has 1 rings (SSSR count). The molecular formula is C9H9ClO3. The normalized spacial score (nSPS) is 9.69. The van der Waals surface area contributed by atoms with Crippen molar-refractivity contribution in [1.82, 2.24) is 0 Å². The Morgan fingerprint density at radius 1 is 1.46 bits per heavy atom. The molecule has 1 aromatic carbocycles. The third-order valence-electron chi connectivity index (χ3n) is 1.46. The van der Waals surface area contributed by atoms with Gasteiger partial charge in [-0.2, -0.15) is 0 Å². The average Bonchev–Trinajstić information content (AvgIpc) is 2.08. The van der Waals surface area contributed by atoms with Crippen molar-refractivity contribution in [3.63, 3.8) is 0 Å². The Balaban J connectivity index is 2.84. The number of methoxy groups -OCH3 is 1. The van der Waals surface area contributed by atoms with Crippen molar-refractivity contribution < 1.29 is 14.3 Å². The molecule has 0 aliphatic carbocycles. The standard InChI is InChI=1S/C9H9ClO3/c1-12-6-7-4-2-3-5-8(7)13-9(10)11/h2-5H,6H2,1H3. The number of halogens is 1. The fraction of sp³-hybridized carbons (Fsp3) is 0.222. The van der Waals surface area contributed by atoms with E-state index in [2.05, 4.69) is 0 Å². The predicted octanol–water partition coefficient (Wildman–Crippen LogP) is 2.57. The second-order valence-corrected chi connectivity index (χ2v) is 2.69. The summed E-state index contributed by atoms with van der Waals surface area (Å²) < 4.78 is 9.66. The summed E-state index contributed by atoms with van der Waals surface area (Å²) in [5, 5.41) is 0. The molecule has 0 spiro atoms. The van der Waals surface area contributed by atoms with Gasteiger partial charge < -0.3 is 9.47 Å². The molecule has 70 valence electrons. The predicted molar refractivity (Wildman–Crippen MR) is 49.0 cm³/mol. The van der Waals surface area contributed by atoms with E-state index < -0.39 is 5.43 Å². The van der Waals surface area contributed by atoms with Crippen LogP contribution < -0.4 is 4.74 Å². The lowest BCUT2D eigenvalue weighted by molar-refractivity contribution is 0.181. The highest BCUT2D eigenvalue weighted by atomic mass is 35.5. The molecule has 0 unspecified atom stereocenters. The minimum atomic E-state index is -0.844. The molecule has 0 saturated carbocycles. The lowest BCUT2D eigenvalue weighted by Gasteiger charge is -2.05. The van der Waals surface area contributed by atoms with Crippen molar-refractivity contribution in [2.45, 2.75) is 6.61 Å². The Morgan fingerprint density at radius 3 is 2.77 bits per heavy atom. The molecule has 0 atom stereocenters. The maximum Gasteiger partial charge on any atom is 0.409 e. The van der Waals surface area contributed by atoms with Crippen LogP contribution in [0.5, 0.6) is 5.75 Å². The fourth-order valence-corrected chi connectivity index (χ4v) is 1.05. The molecular weight excluding hydrogens is 192 g/mol. The molecule has 0 aromatic heterocycles. The van der Waals surface area contributed by atoms with Crippen molar-refractivity contribution in [3.05, 3.63) is 29.8 Å². The van der Waals surface area contributed by atoms with Crippen molar-refractivity contribution in [1.29, 1.82) is 0 Å². The first kappa shape index (κ1) is 10.0. The summed E-state index contributed by atoms with van der Waals surface area (Å²) in [7, 11) is 1.57. The summed E-state index contributed by atoms with van der Waals surface area (Å²) in [6.07, 6.45) is 0. The van der Waals surface area contributed by atoms with Crippen LogP contribution in [-0.2, 0) is 11.3 Å². The van der Waals surface area contributed by atoms with Crippen molar-refractivity contribution in [2.24, 2.45) is 0 Å². The Kier molecular flexibility index (Phi) is 3.73. The summed E-state index contributed by atoms with van der Waals surface area (Å²) in [6.45, 7) is 0.389. The number of rotatable bonds is 3. The molecule has 0 heterocycles. The van der Waals surface area contributed by atoms with Gasteiger partial charge in [0.05, 0.1) is 6.61 Å². The second kappa shape index (κ2) is 4.84. The number of hydrogen-bond acceptors (Lipinski definition) is 3. The van der Waals surface area contributed by atoms with Gasteiger partial charge in [-0.1, -0.05) is 18.2 Å². The third-order valence-corrected chi connectivity index (χ3v) is 1.54. The first-order valence-corrected chi connectivity index (χ1v) is 4.06. The van der Waals surface area contributed by atoms with E-state index in [0.29, 0.717) is 12.4 Å². The SMILES string of the molecule is COCc1ccccc1OC(=O)Cl. The maximum absolute atomic E-state index is 10.5. The second-order valence-electron chi connectivity index (χ2n) is 2.38. The van der Waals surface area contributed by atoms with Gasteiger partial charge in [0.2, 0.25) is 0 Å². The van der Waals surface area contributed by atoms with Crippen LogP contribution in [0.15, 0.2) is 24.3 Å². The molecule has 0 fully saturated rings. The third kappa shape index (κ3) is 3.05. The van der Waals surface area contributed by atoms with Gasteiger partial charge in [0.15, 0.2) is 0 Å². The highest BCUT2D eigenvalue weighted by Gasteiger charge is 2.05. The molecule has 1 aromatic rings. The van der Waals surface area contributed by atoms with Crippen molar-refractivity contribution >= 4 is 17.0 Å². The van der Waals surface area contributed by atoms with Crippen LogP contribution in [0.3, 0.4) is 0 Å². The number of carbonyl (C=O) groups is 1. The molecule has 0 amide bonds. The van der Waals surface area contributed by atoms with Gasteiger partial charge in [-0.3, -0.25) is 0 Å². The highest BCUT2D eigenvalue weighted by Crippen LogP contribution is 2.19. The van der Waals surface area contributed by atoms with Crippen LogP contribution in [0.25, 0.3) is 0 Å². The summed E-state index contributed by atoms with van der Waals surface area (Å²) in [6, 6.07) is 7.06. The fourth-order valence-electron chi connectivity index (χ4n) is 0.965. The van der Waals surface area contributed by atoms with E-state index in [1.807, 2.05) is 6.07 Å². The molecule has 0 aliphatic rings. The number of ether oxygens (including phenoxy) is 2. The smallest absolute Gasteiger partial charge is 0.409 e. The van der Waals surface area contributed by atoms with Gasteiger partial charge in [-0.05, 0) is 6.07 Å². The molecule has 13 heavy (non-hydrogen) atoms. The van der Waals surface area contributed by atoms with Crippen LogP contribution in [0.2, 0.25) is 0 Å². The van der Waals surface area contributed by atoms with Crippen LogP contribution in [0.4, 0.5) is 4.79 Å². The van der Waals surface area contributed by atoms with E-state index in [9.17, 15) is 4.79 Å². The Labute approximate surface area is 81.2 Å². The van der Waals surface area contributed by atoms with Gasteiger partial charge in [0.25, 0.3) is 0 Å². The summed E-state index contributed by atoms with van der Waals surface area (Å²) >= 11 is 5.08. The van der Waals surface area contributed by atoms with Gasteiger partial charge >= 0.3 is 5.43 Å². The van der Waals surface area contributed by atoms with Crippen molar-refractivity contribution in [2.75, 3.05) is 7.11 Å². The average molecular weight is 201 g/mol. The molecule has 0 saturated heterocycles. The first-order valence-electron chi connectivity index (χ1n) is 3.68. The Bertz CT molecular complexity index is 299. The van der Waals surface area contributed by atoms with Gasteiger partial charge in [-0.25, -0.2) is 4.79 Å². The van der Waals surface area contributed by atoms with E-state index in [-0.39, 0.29) is 0 Å². The first-order chi connectivity index (χ1) is 6.24. The lowest BCUT2D eigenvalue weighted by atomic mass is 10.2. The molecule has 0 N–H and O–H groups in total. The van der Waals surface area contributed by atoms with Crippen LogP contribution in [0, 0.1) is 0 Å². The topological polar surface area (TPSA) is 35.5 Å². The van der Waals surface area contributed by atoms with Crippen LogP contribution >= 0.6 is 11.6 Å². The zero-order valence-corrected chi connectivity index (χ0v) is 7.88. The Hall–Kier alpha value is -1.06. The van der Waals surface area contributed by atoms with Crippen LogP contribution in [-0.4, -0.2) is 12.5 Å². The van der Waals surface area contributed by atoms with E-state index in [1.165, 1.54) is 0 Å². The quantitative estimate of drug-likeness (QED) is 0.704. The maximum atomic E-state index is 10.5. The molecule has 0 bridgehead atoms. The van der Waals surface area contributed by atoms with Gasteiger partial charge in [0, 0.05) is 24.3 Å². The largest absolute Gasteiger partial charge is 0.414 e. The summed E-state index contributed by atoms with van der Waals surface area (Å²) in [5.74, 6) is 0.435. The molecule has 4 heteroatoms. The lowest BCUT2D eigenvalue weighted by Crippen LogP contribution is -2.00. The zero-order chi connectivity index (χ0) is 9.68. The van der Waals surface area contributed by atoms with Crippen LogP contribution in [0.1, 0.15) is 5.56 Å². The Morgan fingerprint density at radius 2 is 2.15 bits per heavy atom. The van der Waals surface area contributed by atoms with Gasteiger partial charge in [0.1, 0.15) is 5.75 Å². The number of benzene rings is 1. The molecule has 0 aliphatic heterocycles. The highest BCUT2D eigenvalue weighted by molar-refractivity contribution is 6.61. The summed E-state index contributed by atoms with van der Waals surface area (Å²) in [5.41, 5.74) is -0.0532. The van der Waals surface area contributed by atoms with E-state index in [1.54, 1.807) is 25.3 Å². The van der Waals surface area contributed by atoms with Gasteiger partial charge in [-0.15, -0.1) is 0 Å². The van der Waals surface area contributed by atoms with E-state index >= 15 is 0 Å².